The van der Waals surface area contributed by atoms with Crippen LogP contribution in [-0.4, -0.2) is 12.1 Å². The van der Waals surface area contributed by atoms with Crippen molar-refractivity contribution in [3.63, 3.8) is 0 Å². The van der Waals surface area contributed by atoms with Gasteiger partial charge < -0.3 is 4.74 Å². The zero-order valence-corrected chi connectivity index (χ0v) is 14.3. The van der Waals surface area contributed by atoms with Crippen LogP contribution in [0.5, 0.6) is 0 Å². The number of hydrogen-bond donors (Lipinski definition) is 0. The van der Waals surface area contributed by atoms with Gasteiger partial charge in [-0.15, -0.1) is 0 Å². The molecule has 1 aromatic rings. The number of alkyl halides is 1. The average Bonchev–Trinajstić information content (AvgIpc) is 3.22. The molecule has 0 heterocycles. The first-order valence-electron chi connectivity index (χ1n) is 8.86. The van der Waals surface area contributed by atoms with E-state index >= 15 is 0 Å². The third-order valence-corrected chi connectivity index (χ3v) is 5.66. The molecule has 23 heavy (non-hydrogen) atoms. The molecule has 2 nitrogen and oxygen atoms in total. The largest absolute Gasteiger partial charge is 0.462 e. The second kappa shape index (κ2) is 6.26. The van der Waals surface area contributed by atoms with E-state index in [1.165, 1.54) is 6.42 Å². The van der Waals surface area contributed by atoms with Crippen molar-refractivity contribution in [2.24, 2.45) is 23.7 Å². The molecule has 0 N–H and O–H groups in total. The highest BCUT2D eigenvalue weighted by molar-refractivity contribution is 5.78. The van der Waals surface area contributed by atoms with Crippen LogP contribution in [0, 0.1) is 23.7 Å². The molecule has 0 saturated heterocycles. The van der Waals surface area contributed by atoms with Crippen LogP contribution in [0.4, 0.5) is 4.39 Å². The lowest BCUT2D eigenvalue weighted by molar-refractivity contribution is -0.158. The van der Waals surface area contributed by atoms with Crippen molar-refractivity contribution in [3.05, 3.63) is 35.9 Å². The fourth-order valence-electron chi connectivity index (χ4n) is 4.02. The van der Waals surface area contributed by atoms with Crippen molar-refractivity contribution in [2.45, 2.75) is 58.2 Å². The van der Waals surface area contributed by atoms with Crippen LogP contribution in [0.1, 0.15) is 52.0 Å². The molecule has 126 valence electrons. The summed E-state index contributed by atoms with van der Waals surface area (Å²) < 4.78 is 20.7. The van der Waals surface area contributed by atoms with E-state index < -0.39 is 11.6 Å². The molecule has 2 fully saturated rings. The molecule has 3 rings (SSSR count). The number of carbonyl (C=O) groups is 1. The predicted molar refractivity (Wildman–Crippen MR) is 88.6 cm³/mol. The van der Waals surface area contributed by atoms with Gasteiger partial charge in [-0.05, 0) is 36.2 Å². The van der Waals surface area contributed by atoms with Gasteiger partial charge in [-0.3, -0.25) is 4.79 Å². The Bertz CT molecular complexity index is 556. The van der Waals surface area contributed by atoms with Crippen molar-refractivity contribution in [3.8, 4) is 0 Å². The molecule has 2 saturated carbocycles. The van der Waals surface area contributed by atoms with Gasteiger partial charge in [0.05, 0.1) is 5.92 Å². The first-order valence-corrected chi connectivity index (χ1v) is 8.86. The van der Waals surface area contributed by atoms with Gasteiger partial charge in [-0.25, -0.2) is 4.39 Å². The Balaban J connectivity index is 1.65. The first kappa shape index (κ1) is 16.5. The van der Waals surface area contributed by atoms with Crippen LogP contribution in [0.2, 0.25) is 0 Å². The quantitative estimate of drug-likeness (QED) is 0.740. The van der Waals surface area contributed by atoms with Crippen molar-refractivity contribution in [1.82, 2.24) is 0 Å². The van der Waals surface area contributed by atoms with Crippen molar-refractivity contribution < 1.29 is 13.9 Å². The molecule has 0 aliphatic heterocycles. The van der Waals surface area contributed by atoms with E-state index in [2.05, 4.69) is 20.8 Å². The minimum atomic E-state index is -1.52. The Labute approximate surface area is 138 Å². The summed E-state index contributed by atoms with van der Waals surface area (Å²) in [6.07, 6.45) is 3.40. The Kier molecular flexibility index (Phi) is 4.48. The third kappa shape index (κ3) is 3.29. The number of esters is 1. The fraction of sp³-hybridized carbons (Fsp3) is 0.650. The normalized spacial score (nSPS) is 36.7. The summed E-state index contributed by atoms with van der Waals surface area (Å²) in [6.45, 7) is 6.57. The smallest absolute Gasteiger partial charge is 0.312 e. The van der Waals surface area contributed by atoms with E-state index in [1.807, 2.05) is 18.2 Å². The Hall–Kier alpha value is -1.38. The Morgan fingerprint density at radius 1 is 1.26 bits per heavy atom. The SMILES string of the molecule is CC(C)[C@@H]1CC[C@@H](C)C[C@H]1OC(=O)[C@@H]1C[C@]1(F)c1ccccc1. The summed E-state index contributed by atoms with van der Waals surface area (Å²) in [4.78, 5) is 12.5. The van der Waals surface area contributed by atoms with E-state index in [1.54, 1.807) is 12.1 Å². The van der Waals surface area contributed by atoms with E-state index in [0.29, 0.717) is 23.3 Å². The maximum absolute atomic E-state index is 14.9. The second-order valence-corrected chi connectivity index (χ2v) is 7.79. The molecule has 0 bridgehead atoms. The topological polar surface area (TPSA) is 26.3 Å². The van der Waals surface area contributed by atoms with Gasteiger partial charge in [0.1, 0.15) is 11.8 Å². The minimum Gasteiger partial charge on any atom is -0.462 e. The van der Waals surface area contributed by atoms with Gasteiger partial charge >= 0.3 is 5.97 Å². The number of halogens is 1. The summed E-state index contributed by atoms with van der Waals surface area (Å²) >= 11 is 0. The van der Waals surface area contributed by atoms with Crippen molar-refractivity contribution in [1.29, 1.82) is 0 Å². The third-order valence-electron chi connectivity index (χ3n) is 5.66. The monoisotopic (exact) mass is 318 g/mol. The molecule has 0 aromatic heterocycles. The van der Waals surface area contributed by atoms with Crippen LogP contribution in [0.15, 0.2) is 30.3 Å². The highest BCUT2D eigenvalue weighted by Gasteiger charge is 2.62. The van der Waals surface area contributed by atoms with Crippen molar-refractivity contribution in [2.75, 3.05) is 0 Å². The molecule has 1 aromatic carbocycles. The zero-order valence-electron chi connectivity index (χ0n) is 14.3. The first-order chi connectivity index (χ1) is 10.9. The van der Waals surface area contributed by atoms with Crippen LogP contribution >= 0.6 is 0 Å². The summed E-state index contributed by atoms with van der Waals surface area (Å²) in [5.41, 5.74) is -0.925. The molecule has 0 unspecified atom stereocenters. The van der Waals surface area contributed by atoms with Gasteiger partial charge in [0.15, 0.2) is 0 Å². The molecule has 2 aliphatic rings. The Morgan fingerprint density at radius 3 is 2.61 bits per heavy atom. The average molecular weight is 318 g/mol. The van der Waals surface area contributed by atoms with E-state index in [-0.39, 0.29) is 18.5 Å². The molecule has 5 atom stereocenters. The van der Waals surface area contributed by atoms with Crippen LogP contribution in [0.3, 0.4) is 0 Å². The number of rotatable bonds is 4. The summed E-state index contributed by atoms with van der Waals surface area (Å²) in [5.74, 6) is 0.491. The van der Waals surface area contributed by atoms with Gasteiger partial charge in [-0.1, -0.05) is 57.5 Å². The molecular formula is C20H27FO2. The lowest BCUT2D eigenvalue weighted by Gasteiger charge is -2.36. The maximum atomic E-state index is 14.9. The molecule has 0 radical (unpaired) electrons. The molecule has 0 amide bonds. The van der Waals surface area contributed by atoms with Gasteiger partial charge in [-0.2, -0.15) is 0 Å². The predicted octanol–water partition coefficient (Wildman–Crippen LogP) is 4.88. The highest BCUT2D eigenvalue weighted by Crippen LogP contribution is 2.56. The van der Waals surface area contributed by atoms with Crippen LogP contribution < -0.4 is 0 Å². The molecule has 3 heteroatoms. The van der Waals surface area contributed by atoms with E-state index in [4.69, 9.17) is 4.74 Å². The zero-order chi connectivity index (χ0) is 16.6. The lowest BCUT2D eigenvalue weighted by Crippen LogP contribution is -2.36. The Morgan fingerprint density at radius 2 is 1.96 bits per heavy atom. The summed E-state index contributed by atoms with van der Waals surface area (Å²) in [6, 6.07) is 9.00. The second-order valence-electron chi connectivity index (χ2n) is 7.79. The number of carbonyl (C=O) groups excluding carboxylic acids is 1. The van der Waals surface area contributed by atoms with Crippen LogP contribution in [-0.2, 0) is 15.2 Å². The molecular weight excluding hydrogens is 291 g/mol. The van der Waals surface area contributed by atoms with Gasteiger partial charge in [0, 0.05) is 6.42 Å². The number of hydrogen-bond acceptors (Lipinski definition) is 2. The van der Waals surface area contributed by atoms with Gasteiger partial charge in [0.2, 0.25) is 0 Å². The summed E-state index contributed by atoms with van der Waals surface area (Å²) in [5, 5.41) is 0. The standard InChI is InChI=1S/C20H27FO2/c1-13(2)16-10-9-14(3)11-18(16)23-19(22)17-12-20(17,21)15-7-5-4-6-8-15/h4-8,13-14,16-18H,9-12H2,1-3H3/t14-,16+,17+,18-,20+/m1/s1. The number of ether oxygens (including phenoxy) is 1. The van der Waals surface area contributed by atoms with Crippen LogP contribution in [0.25, 0.3) is 0 Å². The fourth-order valence-corrected chi connectivity index (χ4v) is 4.02. The number of benzene rings is 1. The van der Waals surface area contributed by atoms with E-state index in [0.717, 1.165) is 12.8 Å². The molecule has 2 aliphatic carbocycles. The summed E-state index contributed by atoms with van der Waals surface area (Å²) in [7, 11) is 0. The van der Waals surface area contributed by atoms with E-state index in [9.17, 15) is 9.18 Å². The van der Waals surface area contributed by atoms with Gasteiger partial charge in [0.25, 0.3) is 0 Å². The molecule has 0 spiro atoms. The minimum absolute atomic E-state index is 0.0492. The highest BCUT2D eigenvalue weighted by atomic mass is 19.1. The van der Waals surface area contributed by atoms with Crippen molar-refractivity contribution >= 4 is 5.97 Å². The maximum Gasteiger partial charge on any atom is 0.312 e. The lowest BCUT2D eigenvalue weighted by atomic mass is 9.75.